The molecule has 1 atom stereocenters. The lowest BCUT2D eigenvalue weighted by Gasteiger charge is -2.37. The average molecular weight is 459 g/mol. The fraction of sp³-hybridized carbons (Fsp3) is 0.526. The second-order valence-electron chi connectivity index (χ2n) is 7.62. The van der Waals surface area contributed by atoms with E-state index in [1.165, 1.54) is 17.3 Å². The summed E-state index contributed by atoms with van der Waals surface area (Å²) in [5.74, 6) is -0.755. The molecule has 2 amide bonds. The number of halogens is 3. The Morgan fingerprint density at radius 3 is 2.71 bits per heavy atom. The van der Waals surface area contributed by atoms with Gasteiger partial charge in [-0.1, -0.05) is 0 Å². The zero-order valence-corrected chi connectivity index (χ0v) is 17.3. The van der Waals surface area contributed by atoms with Crippen LogP contribution in [0.2, 0.25) is 0 Å². The van der Waals surface area contributed by atoms with Gasteiger partial charge in [-0.3, -0.25) is 4.79 Å². The van der Waals surface area contributed by atoms with Crippen molar-refractivity contribution in [2.75, 3.05) is 26.7 Å². The molecule has 2 aromatic rings. The summed E-state index contributed by atoms with van der Waals surface area (Å²) in [6.07, 6.45) is -4.74. The van der Waals surface area contributed by atoms with Crippen LogP contribution < -0.4 is 10.1 Å². The minimum absolute atomic E-state index is 0.0543. The average Bonchev–Trinajstić information content (AvgIpc) is 3.31. The lowest BCUT2D eigenvalue weighted by molar-refractivity contribution is -0.136. The van der Waals surface area contributed by atoms with E-state index in [0.717, 1.165) is 17.4 Å². The van der Waals surface area contributed by atoms with E-state index in [0.29, 0.717) is 32.4 Å². The molecule has 0 aliphatic carbocycles. The van der Waals surface area contributed by atoms with Crippen molar-refractivity contribution in [1.82, 2.24) is 15.2 Å². The number of fused-ring (bicyclic) bond motifs is 1. The van der Waals surface area contributed by atoms with Gasteiger partial charge in [0.15, 0.2) is 0 Å². The number of pyridine rings is 1. The summed E-state index contributed by atoms with van der Waals surface area (Å²) in [5.41, 5.74) is -1.46. The zero-order valence-electron chi connectivity index (χ0n) is 16.5. The summed E-state index contributed by atoms with van der Waals surface area (Å²) in [7, 11) is 1.39. The van der Waals surface area contributed by atoms with E-state index in [9.17, 15) is 22.8 Å². The van der Waals surface area contributed by atoms with E-state index in [1.54, 1.807) is 0 Å². The van der Waals surface area contributed by atoms with Crippen LogP contribution in [-0.4, -0.2) is 65.4 Å². The molecular formula is C19H20F3N3O5S. The van der Waals surface area contributed by atoms with Crippen molar-refractivity contribution >= 4 is 33.6 Å². The Balaban J connectivity index is 1.57. The molecule has 4 heterocycles. The van der Waals surface area contributed by atoms with Crippen LogP contribution in [0.25, 0.3) is 10.2 Å². The Kier molecular flexibility index (Phi) is 5.46. The Morgan fingerprint density at radius 2 is 2.10 bits per heavy atom. The Hall–Kier alpha value is -2.60. The number of hydrogen-bond acceptors (Lipinski definition) is 6. The molecule has 0 saturated carbocycles. The van der Waals surface area contributed by atoms with Gasteiger partial charge in [0.25, 0.3) is 5.91 Å². The van der Waals surface area contributed by atoms with Crippen molar-refractivity contribution < 1.29 is 37.3 Å². The maximum absolute atomic E-state index is 13.6. The van der Waals surface area contributed by atoms with Crippen LogP contribution in [0.4, 0.5) is 18.0 Å². The number of carbonyl (C=O) groups excluding carboxylic acids is 1. The third-order valence-corrected chi connectivity index (χ3v) is 6.69. The van der Waals surface area contributed by atoms with Gasteiger partial charge in [0.1, 0.15) is 6.10 Å². The van der Waals surface area contributed by atoms with Gasteiger partial charge >= 0.3 is 12.3 Å². The lowest BCUT2D eigenvalue weighted by atomic mass is 9.88. The highest BCUT2D eigenvalue weighted by Crippen LogP contribution is 2.41. The molecule has 2 fully saturated rings. The first-order valence-corrected chi connectivity index (χ1v) is 10.5. The molecule has 0 bridgehead atoms. The molecule has 2 aliphatic rings. The number of nitrogens with zero attached hydrogens (tertiary/aromatic N) is 2. The van der Waals surface area contributed by atoms with Crippen molar-refractivity contribution in [2.24, 2.45) is 0 Å². The van der Waals surface area contributed by atoms with E-state index in [2.05, 4.69) is 10.3 Å². The number of alkyl halides is 3. The minimum atomic E-state index is -4.64. The Labute approximate surface area is 178 Å². The summed E-state index contributed by atoms with van der Waals surface area (Å²) >= 11 is 0.806. The van der Waals surface area contributed by atoms with Crippen LogP contribution in [0.1, 0.15) is 35.2 Å². The summed E-state index contributed by atoms with van der Waals surface area (Å²) in [6, 6.07) is 0.852. The van der Waals surface area contributed by atoms with Gasteiger partial charge in [-0.25, -0.2) is 9.78 Å². The third kappa shape index (κ3) is 4.13. The van der Waals surface area contributed by atoms with Crippen LogP contribution in [0.15, 0.2) is 11.4 Å². The highest BCUT2D eigenvalue weighted by molar-refractivity contribution is 7.17. The van der Waals surface area contributed by atoms with E-state index >= 15 is 0 Å². The van der Waals surface area contributed by atoms with Crippen molar-refractivity contribution in [2.45, 2.75) is 37.1 Å². The van der Waals surface area contributed by atoms with Crippen molar-refractivity contribution in [1.29, 1.82) is 0 Å². The van der Waals surface area contributed by atoms with Gasteiger partial charge in [0.2, 0.25) is 5.88 Å². The van der Waals surface area contributed by atoms with Crippen molar-refractivity contribution in [3.05, 3.63) is 22.6 Å². The van der Waals surface area contributed by atoms with E-state index in [-0.39, 0.29) is 28.3 Å². The molecule has 2 aliphatic heterocycles. The smallest absolute Gasteiger partial charge is 0.418 e. The first kappa shape index (κ1) is 21.6. The summed E-state index contributed by atoms with van der Waals surface area (Å²) in [6.45, 7) is 0.823. The monoisotopic (exact) mass is 459 g/mol. The molecule has 31 heavy (non-hydrogen) atoms. The molecule has 8 nitrogen and oxygen atoms in total. The van der Waals surface area contributed by atoms with Gasteiger partial charge in [-0.15, -0.1) is 11.3 Å². The lowest BCUT2D eigenvalue weighted by Crippen LogP contribution is -2.46. The number of hydrogen-bond donors (Lipinski definition) is 2. The molecule has 168 valence electrons. The molecule has 1 spiro atoms. The quantitative estimate of drug-likeness (QED) is 0.730. The fourth-order valence-electron chi connectivity index (χ4n) is 4.05. The van der Waals surface area contributed by atoms with Crippen LogP contribution >= 0.6 is 11.3 Å². The topological polar surface area (TPSA) is 101 Å². The van der Waals surface area contributed by atoms with Gasteiger partial charge in [-0.05, 0) is 12.8 Å². The van der Waals surface area contributed by atoms with Crippen molar-refractivity contribution in [3.63, 3.8) is 0 Å². The summed E-state index contributed by atoms with van der Waals surface area (Å²) in [4.78, 5) is 28.6. The van der Waals surface area contributed by atoms with Crippen LogP contribution in [0.5, 0.6) is 5.88 Å². The van der Waals surface area contributed by atoms with E-state index < -0.39 is 35.4 Å². The molecule has 0 aromatic carbocycles. The SMILES string of the molecule is CNC(=O)c1csc2c(C(F)(F)F)cc(OC3COC4(CCN(C(=O)O)CC4)C3)nc12. The highest BCUT2D eigenvalue weighted by Gasteiger charge is 2.45. The third-order valence-electron chi connectivity index (χ3n) is 5.68. The van der Waals surface area contributed by atoms with Crippen LogP contribution in [0, 0.1) is 0 Å². The molecule has 2 N–H and O–H groups in total. The number of carboxylic acid groups (broad SMARTS) is 1. The molecule has 12 heteroatoms. The minimum Gasteiger partial charge on any atom is -0.472 e. The molecular weight excluding hydrogens is 439 g/mol. The van der Waals surface area contributed by atoms with Crippen LogP contribution in [-0.2, 0) is 10.9 Å². The van der Waals surface area contributed by atoms with Gasteiger partial charge in [-0.2, -0.15) is 13.2 Å². The van der Waals surface area contributed by atoms with Crippen LogP contribution in [0.3, 0.4) is 0 Å². The second kappa shape index (κ2) is 7.83. The number of amides is 2. The number of nitrogens with one attached hydrogen (secondary N) is 1. The molecule has 0 radical (unpaired) electrons. The van der Waals surface area contributed by atoms with Gasteiger partial charge in [0.05, 0.1) is 33.6 Å². The molecule has 2 aromatic heterocycles. The van der Waals surface area contributed by atoms with Crippen molar-refractivity contribution in [3.8, 4) is 5.88 Å². The number of carbonyl (C=O) groups is 2. The molecule has 4 rings (SSSR count). The van der Waals surface area contributed by atoms with Gasteiger partial charge in [0, 0.05) is 38.0 Å². The normalized spacial score (nSPS) is 20.9. The van der Waals surface area contributed by atoms with E-state index in [4.69, 9.17) is 14.6 Å². The van der Waals surface area contributed by atoms with Gasteiger partial charge < -0.3 is 24.8 Å². The Bertz CT molecular complexity index is 1020. The largest absolute Gasteiger partial charge is 0.472 e. The maximum atomic E-state index is 13.6. The number of thiophene rings is 1. The molecule has 2 saturated heterocycles. The number of ether oxygens (including phenoxy) is 2. The number of piperidine rings is 1. The predicted molar refractivity (Wildman–Crippen MR) is 105 cm³/mol. The first-order valence-electron chi connectivity index (χ1n) is 9.62. The zero-order chi connectivity index (χ0) is 22.4. The Morgan fingerprint density at radius 1 is 1.39 bits per heavy atom. The number of aromatic nitrogens is 1. The summed E-state index contributed by atoms with van der Waals surface area (Å²) in [5, 5.41) is 12.8. The van der Waals surface area contributed by atoms with E-state index in [1.807, 2.05) is 0 Å². The summed E-state index contributed by atoms with van der Waals surface area (Å²) < 4.78 is 52.4. The molecule has 1 unspecified atom stereocenters. The maximum Gasteiger partial charge on any atom is 0.418 e. The number of rotatable bonds is 3. The fourth-order valence-corrected chi connectivity index (χ4v) is 5.08. The second-order valence-corrected chi connectivity index (χ2v) is 8.50. The standard InChI is InChI=1S/C19H20F3N3O5S/c1-23-16(26)11-9-31-15-12(19(20,21)22)6-13(24-14(11)15)30-10-7-18(29-8-10)2-4-25(5-3-18)17(27)28/h6,9-10H,2-5,7-8H2,1H3,(H,23,26)(H,27,28). The predicted octanol–water partition coefficient (Wildman–Crippen LogP) is 3.36. The highest BCUT2D eigenvalue weighted by atomic mass is 32.1. The first-order chi connectivity index (χ1) is 14.6. The number of likely N-dealkylation sites (tertiary alicyclic amines) is 1.